The molecule has 2 heterocycles. The van der Waals surface area contributed by atoms with Crippen molar-refractivity contribution in [1.29, 1.82) is 0 Å². The normalized spacial score (nSPS) is 18.0. The fourth-order valence-corrected chi connectivity index (χ4v) is 7.66. The number of carbonyl (C=O) groups excluding carboxylic acids is 2. The van der Waals surface area contributed by atoms with Crippen molar-refractivity contribution in [3.8, 4) is 11.5 Å². The maximum atomic E-state index is 12.8. The van der Waals surface area contributed by atoms with Crippen LogP contribution < -0.4 is 24.6 Å². The number of carbonyl (C=O) groups is 2. The zero-order chi connectivity index (χ0) is 39.3. The number of halogens is 6. The van der Waals surface area contributed by atoms with Crippen molar-refractivity contribution in [3.63, 3.8) is 0 Å². The first-order valence-electron chi connectivity index (χ1n) is 16.1. The van der Waals surface area contributed by atoms with Crippen LogP contribution >= 0.6 is 0 Å². The molecule has 0 aromatic heterocycles. The minimum absolute atomic E-state index is 0.00680. The summed E-state index contributed by atoms with van der Waals surface area (Å²) in [6.07, 6.45) is -9.13. The van der Waals surface area contributed by atoms with Crippen LogP contribution in [0.5, 0.6) is 11.5 Å². The number of sulfonamides is 1. The highest BCUT2D eigenvalue weighted by Crippen LogP contribution is 2.32. The van der Waals surface area contributed by atoms with Crippen LogP contribution in [0.3, 0.4) is 0 Å². The highest BCUT2D eigenvalue weighted by Gasteiger charge is 2.44. The van der Waals surface area contributed by atoms with Crippen LogP contribution in [0.4, 0.5) is 37.7 Å². The quantitative estimate of drug-likeness (QED) is 0.332. The summed E-state index contributed by atoms with van der Waals surface area (Å²) in [5, 5.41) is 24.2. The maximum absolute atomic E-state index is 12.8. The molecule has 2 aromatic carbocycles. The molecule has 0 radical (unpaired) electrons. The molecule has 2 aliphatic heterocycles. The lowest BCUT2D eigenvalue weighted by atomic mass is 9.91. The summed E-state index contributed by atoms with van der Waals surface area (Å²) in [5.41, 5.74) is -2.98. The minimum atomic E-state index is -4.82. The monoisotopic (exact) mass is 770 g/mol. The fraction of sp³-hybridized carbons (Fsp3) is 0.576. The van der Waals surface area contributed by atoms with Crippen molar-refractivity contribution in [2.24, 2.45) is 5.41 Å². The third-order valence-electron chi connectivity index (χ3n) is 8.31. The van der Waals surface area contributed by atoms with Crippen molar-refractivity contribution in [3.05, 3.63) is 48.5 Å². The van der Waals surface area contributed by atoms with Gasteiger partial charge < -0.3 is 34.8 Å². The summed E-state index contributed by atoms with van der Waals surface area (Å²) in [7, 11) is -0.652. The Balaban J connectivity index is 0.000000294. The highest BCUT2D eigenvalue weighted by molar-refractivity contribution is 7.89. The third kappa shape index (κ3) is 12.2. The molecular formula is C33H44F6N4O8S. The van der Waals surface area contributed by atoms with Gasteiger partial charge in [-0.15, -0.1) is 26.3 Å². The molecule has 0 bridgehead atoms. The van der Waals surface area contributed by atoms with E-state index in [1.807, 2.05) is 20.8 Å². The van der Waals surface area contributed by atoms with Gasteiger partial charge in [0.25, 0.3) is 11.8 Å². The second-order valence-electron chi connectivity index (χ2n) is 13.8. The van der Waals surface area contributed by atoms with Crippen molar-refractivity contribution in [2.45, 2.75) is 70.4 Å². The summed E-state index contributed by atoms with van der Waals surface area (Å²) in [5.74, 6) is -1.96. The van der Waals surface area contributed by atoms with Gasteiger partial charge in [0.05, 0.1) is 5.75 Å². The average Bonchev–Trinajstić information content (AvgIpc) is 3.02. The zero-order valence-corrected chi connectivity index (χ0v) is 30.2. The van der Waals surface area contributed by atoms with E-state index in [0.29, 0.717) is 31.6 Å². The first-order valence-corrected chi connectivity index (χ1v) is 17.8. The number of anilines is 2. The van der Waals surface area contributed by atoms with E-state index in [9.17, 15) is 54.6 Å². The van der Waals surface area contributed by atoms with Crippen LogP contribution in [0.2, 0.25) is 0 Å². The SMILES string of the molecule is CN(C(=O)C1(O)CCN(S(=O)(=O)CC(C)(C)C)CC1)c1ccc(OC(F)(F)F)cc1.CN(C(=O)C1(O)CCNCC1)c1ccc(OC(F)(F)F)cc1. The van der Waals surface area contributed by atoms with Crippen molar-refractivity contribution >= 4 is 33.2 Å². The molecule has 292 valence electrons. The van der Waals surface area contributed by atoms with Crippen LogP contribution in [0, 0.1) is 5.41 Å². The highest BCUT2D eigenvalue weighted by atomic mass is 32.2. The van der Waals surface area contributed by atoms with E-state index in [1.165, 1.54) is 47.6 Å². The van der Waals surface area contributed by atoms with Gasteiger partial charge in [-0.2, -0.15) is 0 Å². The Hall–Kier alpha value is -3.65. The van der Waals surface area contributed by atoms with E-state index in [-0.39, 0.29) is 43.1 Å². The number of hydrogen-bond donors (Lipinski definition) is 3. The standard InChI is InChI=1S/C19H27F3N2O5S.C14H17F3N2O3/c1-17(2,3)13-30(27,28)24-11-9-18(26,10-12-24)16(25)23(4)14-5-7-15(8-6-14)29-19(20,21)22;1-19(12(20)13(21)6-8-18-9-7-13)10-2-4-11(5-3-10)22-14(15,16)17/h5-8,26H,9-13H2,1-4H3;2-5,18,21H,6-9H2,1H3. The van der Waals surface area contributed by atoms with E-state index >= 15 is 0 Å². The molecule has 19 heteroatoms. The molecule has 0 atom stereocenters. The molecule has 0 unspecified atom stereocenters. The van der Waals surface area contributed by atoms with Gasteiger partial charge in [0.2, 0.25) is 10.0 Å². The molecule has 2 fully saturated rings. The molecular weight excluding hydrogens is 726 g/mol. The number of hydrogen-bond acceptors (Lipinski definition) is 9. The van der Waals surface area contributed by atoms with Gasteiger partial charge in [-0.3, -0.25) is 9.59 Å². The van der Waals surface area contributed by atoms with Crippen molar-refractivity contribution < 1.29 is 64.0 Å². The molecule has 4 rings (SSSR count). The summed E-state index contributed by atoms with van der Waals surface area (Å²) >= 11 is 0. The van der Waals surface area contributed by atoms with Gasteiger partial charge >= 0.3 is 12.7 Å². The lowest BCUT2D eigenvalue weighted by Gasteiger charge is -2.39. The van der Waals surface area contributed by atoms with Crippen LogP contribution in [0.25, 0.3) is 0 Å². The predicted octanol–water partition coefficient (Wildman–Crippen LogP) is 4.41. The minimum Gasteiger partial charge on any atom is -0.406 e. The summed E-state index contributed by atoms with van der Waals surface area (Å²) < 4.78 is 107. The van der Waals surface area contributed by atoms with Gasteiger partial charge in [-0.25, -0.2) is 12.7 Å². The Bertz CT molecular complexity index is 1620. The van der Waals surface area contributed by atoms with Crippen LogP contribution in [-0.2, 0) is 19.6 Å². The Morgan fingerprint density at radius 2 is 1.08 bits per heavy atom. The first kappa shape index (κ1) is 42.8. The van der Waals surface area contributed by atoms with Crippen molar-refractivity contribution in [2.75, 3.05) is 55.8 Å². The largest absolute Gasteiger partial charge is 0.573 e. The lowest BCUT2D eigenvalue weighted by molar-refractivity contribution is -0.275. The number of alkyl halides is 6. The number of benzene rings is 2. The van der Waals surface area contributed by atoms with E-state index in [4.69, 9.17) is 0 Å². The second kappa shape index (κ2) is 16.2. The van der Waals surface area contributed by atoms with Gasteiger partial charge in [-0.1, -0.05) is 20.8 Å². The molecule has 2 saturated heterocycles. The average molecular weight is 771 g/mol. The number of amides is 2. The Kier molecular flexibility index (Phi) is 13.3. The molecule has 12 nitrogen and oxygen atoms in total. The number of rotatable bonds is 8. The first-order chi connectivity index (χ1) is 23.7. The summed E-state index contributed by atoms with van der Waals surface area (Å²) in [6, 6.07) is 9.60. The number of aliphatic hydroxyl groups is 2. The zero-order valence-electron chi connectivity index (χ0n) is 29.3. The van der Waals surface area contributed by atoms with E-state index in [2.05, 4.69) is 14.8 Å². The van der Waals surface area contributed by atoms with E-state index in [1.54, 1.807) is 0 Å². The fourth-order valence-electron chi connectivity index (χ4n) is 5.64. The predicted molar refractivity (Wildman–Crippen MR) is 179 cm³/mol. The number of nitrogens with one attached hydrogen (secondary N) is 1. The van der Waals surface area contributed by atoms with Crippen LogP contribution in [0.1, 0.15) is 46.5 Å². The Morgan fingerprint density at radius 3 is 1.40 bits per heavy atom. The number of nitrogens with zero attached hydrogens (tertiary/aromatic N) is 3. The van der Waals surface area contributed by atoms with Crippen LogP contribution in [0.15, 0.2) is 48.5 Å². The van der Waals surface area contributed by atoms with Crippen LogP contribution in [-0.4, -0.2) is 105 Å². The van der Waals surface area contributed by atoms with Gasteiger partial charge in [0.15, 0.2) is 0 Å². The molecule has 3 N–H and O–H groups in total. The number of piperidine rings is 2. The van der Waals surface area contributed by atoms with Gasteiger partial charge in [0.1, 0.15) is 22.7 Å². The molecule has 2 aliphatic rings. The third-order valence-corrected chi connectivity index (χ3v) is 10.7. The topological polar surface area (TPSA) is 149 Å². The number of likely N-dealkylation sites (N-methyl/N-ethyl adjacent to an activating group) is 2. The van der Waals surface area contributed by atoms with E-state index < -0.39 is 56.9 Å². The van der Waals surface area contributed by atoms with E-state index in [0.717, 1.165) is 29.2 Å². The van der Waals surface area contributed by atoms with Crippen molar-refractivity contribution in [1.82, 2.24) is 9.62 Å². The summed E-state index contributed by atoms with van der Waals surface area (Å²) in [4.78, 5) is 27.6. The molecule has 52 heavy (non-hydrogen) atoms. The molecule has 0 aliphatic carbocycles. The Labute approximate surface area is 298 Å². The molecule has 0 saturated carbocycles. The number of ether oxygens (including phenoxy) is 2. The maximum Gasteiger partial charge on any atom is 0.573 e. The Morgan fingerprint density at radius 1 is 0.731 bits per heavy atom. The molecule has 0 spiro atoms. The second-order valence-corrected chi connectivity index (χ2v) is 15.8. The van der Waals surface area contributed by atoms with Gasteiger partial charge in [-0.05, 0) is 92.7 Å². The lowest BCUT2D eigenvalue weighted by Crippen LogP contribution is -2.55. The molecule has 2 amide bonds. The molecule has 2 aromatic rings. The summed E-state index contributed by atoms with van der Waals surface area (Å²) in [6.45, 7) is 6.53. The smallest absolute Gasteiger partial charge is 0.406 e. The van der Waals surface area contributed by atoms with Gasteiger partial charge in [0, 0.05) is 38.6 Å².